The number of nitrogens with zero attached hydrogens (tertiary/aromatic N) is 1. The fourth-order valence-corrected chi connectivity index (χ4v) is 4.53. The zero-order chi connectivity index (χ0) is 27.8. The van der Waals surface area contributed by atoms with Gasteiger partial charge in [-0.2, -0.15) is 13.2 Å². The second-order valence-corrected chi connectivity index (χ2v) is 9.15. The van der Waals surface area contributed by atoms with Gasteiger partial charge in [-0.1, -0.05) is 32.0 Å². The summed E-state index contributed by atoms with van der Waals surface area (Å²) in [6.45, 7) is 6.12. The van der Waals surface area contributed by atoms with Gasteiger partial charge in [-0.05, 0) is 72.5 Å². The molecule has 1 aliphatic rings. The van der Waals surface area contributed by atoms with Crippen LogP contribution in [-0.4, -0.2) is 28.5 Å². The number of carbonyl (C=O) groups excluding carboxylic acids is 2. The van der Waals surface area contributed by atoms with Crippen molar-refractivity contribution in [2.24, 2.45) is 0 Å². The Morgan fingerprint density at radius 3 is 2.37 bits per heavy atom. The van der Waals surface area contributed by atoms with E-state index in [9.17, 15) is 33.0 Å². The number of hydrogen-bond donors (Lipinski definition) is 2. The molecule has 0 aliphatic carbocycles. The van der Waals surface area contributed by atoms with E-state index in [0.717, 1.165) is 28.7 Å². The van der Waals surface area contributed by atoms with E-state index in [2.05, 4.69) is 0 Å². The van der Waals surface area contributed by atoms with Crippen LogP contribution < -0.4 is 9.64 Å². The zero-order valence-corrected chi connectivity index (χ0v) is 20.9. The van der Waals surface area contributed by atoms with E-state index in [1.54, 1.807) is 18.2 Å². The van der Waals surface area contributed by atoms with Gasteiger partial charge < -0.3 is 14.9 Å². The number of aromatic hydroxyl groups is 1. The molecule has 6 nitrogen and oxygen atoms in total. The maximum Gasteiger partial charge on any atom is 0.416 e. The molecule has 1 heterocycles. The molecule has 1 atom stereocenters. The third kappa shape index (κ3) is 4.96. The molecule has 198 valence electrons. The quantitative estimate of drug-likeness (QED) is 0.216. The number of aliphatic hydroxyl groups is 1. The summed E-state index contributed by atoms with van der Waals surface area (Å²) in [6, 6.07) is 13.3. The molecule has 1 aliphatic heterocycles. The molecule has 1 unspecified atom stereocenters. The molecule has 3 aromatic rings. The van der Waals surface area contributed by atoms with E-state index in [-0.39, 0.29) is 34.1 Å². The van der Waals surface area contributed by atoms with Gasteiger partial charge in [-0.3, -0.25) is 14.5 Å². The monoisotopic (exact) mass is 525 g/mol. The Balaban J connectivity index is 1.95. The van der Waals surface area contributed by atoms with Crippen LogP contribution in [0.3, 0.4) is 0 Å². The SMILES string of the molecule is CCOc1ccc(/C(O)=C2/C(=O)C(=O)N(c3cccc(C(F)(F)F)c3)C2c2cccc(O)c2)cc1C(C)C. The molecular weight excluding hydrogens is 499 g/mol. The first-order chi connectivity index (χ1) is 17.9. The molecule has 0 bridgehead atoms. The van der Waals surface area contributed by atoms with Crippen molar-refractivity contribution in [2.45, 2.75) is 38.9 Å². The number of carbonyl (C=O) groups is 2. The number of anilines is 1. The minimum absolute atomic E-state index is 0.00122. The fourth-order valence-electron chi connectivity index (χ4n) is 4.53. The Labute approximate surface area is 217 Å². The van der Waals surface area contributed by atoms with Gasteiger partial charge in [-0.25, -0.2) is 0 Å². The minimum Gasteiger partial charge on any atom is -0.508 e. The van der Waals surface area contributed by atoms with E-state index < -0.39 is 35.2 Å². The topological polar surface area (TPSA) is 87.1 Å². The van der Waals surface area contributed by atoms with Crippen LogP contribution in [-0.2, 0) is 15.8 Å². The molecule has 0 spiro atoms. The number of ether oxygens (including phenoxy) is 1. The number of phenols is 1. The lowest BCUT2D eigenvalue weighted by molar-refractivity contribution is -0.137. The van der Waals surface area contributed by atoms with Crippen molar-refractivity contribution >= 4 is 23.1 Å². The number of amides is 1. The fraction of sp³-hybridized carbons (Fsp3) is 0.241. The summed E-state index contributed by atoms with van der Waals surface area (Å²) in [5.41, 5.74) is -0.250. The molecule has 0 radical (unpaired) electrons. The van der Waals surface area contributed by atoms with Crippen LogP contribution in [0.5, 0.6) is 11.5 Å². The first-order valence-electron chi connectivity index (χ1n) is 12.0. The van der Waals surface area contributed by atoms with Crippen LogP contribution in [0.1, 0.15) is 55.0 Å². The summed E-state index contributed by atoms with van der Waals surface area (Å²) in [7, 11) is 0. The van der Waals surface area contributed by atoms with Crippen molar-refractivity contribution in [1.82, 2.24) is 0 Å². The van der Waals surface area contributed by atoms with Gasteiger partial charge in [0.1, 0.15) is 17.3 Å². The van der Waals surface area contributed by atoms with E-state index in [0.29, 0.717) is 12.4 Å². The van der Waals surface area contributed by atoms with Crippen molar-refractivity contribution in [3.8, 4) is 11.5 Å². The highest BCUT2D eigenvalue weighted by molar-refractivity contribution is 6.51. The number of Topliss-reactive ketones (excluding diaryl/α,β-unsaturated/α-hetero) is 1. The highest BCUT2D eigenvalue weighted by atomic mass is 19.4. The Morgan fingerprint density at radius 1 is 1.03 bits per heavy atom. The summed E-state index contributed by atoms with van der Waals surface area (Å²) >= 11 is 0. The van der Waals surface area contributed by atoms with Crippen molar-refractivity contribution < 1.29 is 37.7 Å². The average Bonchev–Trinajstić information content (AvgIpc) is 3.13. The molecule has 0 aromatic heterocycles. The number of halogens is 3. The van der Waals surface area contributed by atoms with Crippen LogP contribution in [0.2, 0.25) is 0 Å². The molecule has 2 N–H and O–H groups in total. The van der Waals surface area contributed by atoms with Gasteiger partial charge >= 0.3 is 6.18 Å². The third-order valence-electron chi connectivity index (χ3n) is 6.29. The van der Waals surface area contributed by atoms with Crippen LogP contribution in [0, 0.1) is 0 Å². The van der Waals surface area contributed by atoms with E-state index in [1.807, 2.05) is 20.8 Å². The second-order valence-electron chi connectivity index (χ2n) is 9.15. The van der Waals surface area contributed by atoms with Gasteiger partial charge in [0.25, 0.3) is 11.7 Å². The summed E-state index contributed by atoms with van der Waals surface area (Å²) in [5, 5.41) is 21.5. The number of benzene rings is 3. The smallest absolute Gasteiger partial charge is 0.416 e. The molecule has 3 aromatic carbocycles. The largest absolute Gasteiger partial charge is 0.508 e. The molecular formula is C29H26F3NO5. The lowest BCUT2D eigenvalue weighted by atomic mass is 9.93. The third-order valence-corrected chi connectivity index (χ3v) is 6.29. The highest BCUT2D eigenvalue weighted by Gasteiger charge is 2.47. The van der Waals surface area contributed by atoms with Gasteiger partial charge in [0.05, 0.1) is 23.8 Å². The van der Waals surface area contributed by atoms with Crippen LogP contribution in [0.25, 0.3) is 5.76 Å². The first kappa shape index (κ1) is 26.8. The van der Waals surface area contributed by atoms with Gasteiger partial charge in [-0.15, -0.1) is 0 Å². The first-order valence-corrected chi connectivity index (χ1v) is 12.0. The molecule has 1 saturated heterocycles. The molecule has 9 heteroatoms. The summed E-state index contributed by atoms with van der Waals surface area (Å²) < 4.78 is 46.0. The van der Waals surface area contributed by atoms with E-state index in [1.165, 1.54) is 30.3 Å². The van der Waals surface area contributed by atoms with Crippen molar-refractivity contribution in [3.63, 3.8) is 0 Å². The zero-order valence-electron chi connectivity index (χ0n) is 20.9. The lowest BCUT2D eigenvalue weighted by Gasteiger charge is -2.26. The minimum atomic E-state index is -4.68. The van der Waals surface area contributed by atoms with E-state index >= 15 is 0 Å². The lowest BCUT2D eigenvalue weighted by Crippen LogP contribution is -2.29. The maximum atomic E-state index is 13.5. The number of rotatable bonds is 6. The average molecular weight is 526 g/mol. The van der Waals surface area contributed by atoms with Gasteiger partial charge in [0.2, 0.25) is 0 Å². The van der Waals surface area contributed by atoms with E-state index in [4.69, 9.17) is 4.74 Å². The molecule has 1 amide bonds. The molecule has 1 fully saturated rings. The number of ketones is 1. The van der Waals surface area contributed by atoms with Gasteiger partial charge in [0, 0.05) is 11.3 Å². The number of alkyl halides is 3. The summed E-state index contributed by atoms with van der Waals surface area (Å²) in [4.78, 5) is 27.5. The van der Waals surface area contributed by atoms with Crippen molar-refractivity contribution in [2.75, 3.05) is 11.5 Å². The Morgan fingerprint density at radius 2 is 1.74 bits per heavy atom. The van der Waals surface area contributed by atoms with Crippen LogP contribution in [0.4, 0.5) is 18.9 Å². The predicted molar refractivity (Wildman–Crippen MR) is 136 cm³/mol. The van der Waals surface area contributed by atoms with Crippen molar-refractivity contribution in [1.29, 1.82) is 0 Å². The molecule has 0 saturated carbocycles. The molecule has 38 heavy (non-hydrogen) atoms. The number of phenolic OH excluding ortho intramolecular Hbond substituents is 1. The highest BCUT2D eigenvalue weighted by Crippen LogP contribution is 2.44. The Kier molecular flexibility index (Phi) is 7.22. The number of hydrogen-bond acceptors (Lipinski definition) is 5. The molecule has 4 rings (SSSR count). The van der Waals surface area contributed by atoms with Gasteiger partial charge in [0.15, 0.2) is 0 Å². The second kappa shape index (κ2) is 10.2. The maximum absolute atomic E-state index is 13.5. The number of aliphatic hydroxyl groups excluding tert-OH is 1. The normalized spacial score (nSPS) is 17.3. The summed E-state index contributed by atoms with van der Waals surface area (Å²) in [5.74, 6) is -2.23. The van der Waals surface area contributed by atoms with Crippen LogP contribution in [0.15, 0.2) is 72.3 Å². The van der Waals surface area contributed by atoms with Crippen molar-refractivity contribution in [3.05, 3.63) is 94.6 Å². The summed E-state index contributed by atoms with van der Waals surface area (Å²) in [6.07, 6.45) is -4.68. The Bertz CT molecular complexity index is 1430. The predicted octanol–water partition coefficient (Wildman–Crippen LogP) is 6.56. The Hall–Kier alpha value is -4.27. The van der Waals surface area contributed by atoms with Crippen LogP contribution >= 0.6 is 0 Å². The standard InChI is InChI=1S/C29H26F3NO5/c1-4-38-23-12-11-18(14-22(23)16(2)3)26(35)24-25(17-7-5-10-21(34)13-17)33(28(37)27(24)36)20-9-6-8-19(15-20)29(30,31)32/h5-16,25,34-35H,4H2,1-3H3/b26-24-.